The largest absolute Gasteiger partial charge is 0.494 e. The number of carbonyl (C=O) groups excluding carboxylic acids is 3. The first-order valence-electron chi connectivity index (χ1n) is 10.3. The Balaban J connectivity index is 1.85. The Morgan fingerprint density at radius 3 is 2.69 bits per heavy atom. The number of hydrogen-bond acceptors (Lipinski definition) is 8. The second kappa shape index (κ2) is 9.32. The summed E-state index contributed by atoms with van der Waals surface area (Å²) in [5.41, 5.74) is -0.613. The number of benzene rings is 1. The molecule has 3 aromatic rings. The number of nitrogens with zero attached hydrogens (tertiary/aromatic N) is 2. The van der Waals surface area contributed by atoms with Crippen LogP contribution in [0.1, 0.15) is 27.4 Å². The first kappa shape index (κ1) is 24.7. The van der Waals surface area contributed by atoms with Crippen molar-refractivity contribution in [3.05, 3.63) is 56.4 Å². The SMILES string of the molecule is COC(=O)NC(CN1Cc2ccc(OC)c(F)c2C1=O)(C(=O)OC)c1cc2cnc(C)c(I)c2o1. The van der Waals surface area contributed by atoms with Gasteiger partial charge in [0.05, 0.1) is 42.7 Å². The van der Waals surface area contributed by atoms with E-state index in [4.69, 9.17) is 18.6 Å². The van der Waals surface area contributed by atoms with Crippen LogP contribution in [-0.2, 0) is 26.4 Å². The van der Waals surface area contributed by atoms with Crippen LogP contribution in [0.4, 0.5) is 9.18 Å². The van der Waals surface area contributed by atoms with Crippen molar-refractivity contribution in [2.24, 2.45) is 0 Å². The van der Waals surface area contributed by atoms with E-state index in [-0.39, 0.29) is 23.6 Å². The van der Waals surface area contributed by atoms with E-state index in [9.17, 15) is 18.8 Å². The maximum absolute atomic E-state index is 14.9. The van der Waals surface area contributed by atoms with Crippen LogP contribution in [0.25, 0.3) is 11.0 Å². The van der Waals surface area contributed by atoms with Crippen LogP contribution in [-0.4, -0.2) is 55.7 Å². The van der Waals surface area contributed by atoms with Crippen LogP contribution in [0.5, 0.6) is 5.75 Å². The molecule has 0 aliphatic carbocycles. The molecule has 184 valence electrons. The Morgan fingerprint density at radius 1 is 1.29 bits per heavy atom. The van der Waals surface area contributed by atoms with Crippen molar-refractivity contribution in [1.29, 1.82) is 0 Å². The van der Waals surface area contributed by atoms with E-state index in [1.165, 1.54) is 24.1 Å². The van der Waals surface area contributed by atoms with E-state index >= 15 is 0 Å². The number of amides is 2. The normalized spacial score (nSPS) is 14.5. The molecule has 4 rings (SSSR count). The zero-order valence-corrected chi connectivity index (χ0v) is 21.4. The van der Waals surface area contributed by atoms with E-state index in [0.29, 0.717) is 25.8 Å². The molecule has 0 saturated carbocycles. The number of furan rings is 1. The first-order valence-corrected chi connectivity index (χ1v) is 11.4. The highest BCUT2D eigenvalue weighted by molar-refractivity contribution is 14.1. The van der Waals surface area contributed by atoms with Gasteiger partial charge in [0.2, 0.25) is 5.54 Å². The predicted molar refractivity (Wildman–Crippen MR) is 128 cm³/mol. The lowest BCUT2D eigenvalue weighted by Gasteiger charge is -2.33. The molecule has 0 spiro atoms. The van der Waals surface area contributed by atoms with Crippen molar-refractivity contribution in [3.8, 4) is 5.75 Å². The van der Waals surface area contributed by atoms with Crippen LogP contribution >= 0.6 is 22.6 Å². The molecule has 1 N–H and O–H groups in total. The number of ether oxygens (including phenoxy) is 3. The minimum Gasteiger partial charge on any atom is -0.494 e. The van der Waals surface area contributed by atoms with Crippen molar-refractivity contribution in [3.63, 3.8) is 0 Å². The van der Waals surface area contributed by atoms with Crippen molar-refractivity contribution < 1.29 is 37.4 Å². The predicted octanol–water partition coefficient (Wildman–Crippen LogP) is 3.27. The van der Waals surface area contributed by atoms with Gasteiger partial charge < -0.3 is 23.5 Å². The number of nitrogens with one attached hydrogen (secondary N) is 1. The average Bonchev–Trinajstić information content (AvgIpc) is 3.43. The van der Waals surface area contributed by atoms with E-state index in [1.54, 1.807) is 19.2 Å². The Hall–Kier alpha value is -3.42. The van der Waals surface area contributed by atoms with Gasteiger partial charge in [-0.05, 0) is 47.2 Å². The summed E-state index contributed by atoms with van der Waals surface area (Å²) >= 11 is 2.07. The molecular weight excluding hydrogens is 576 g/mol. The fourth-order valence-corrected chi connectivity index (χ4v) is 4.59. The van der Waals surface area contributed by atoms with Crippen molar-refractivity contribution in [2.45, 2.75) is 19.0 Å². The summed E-state index contributed by atoms with van der Waals surface area (Å²) in [5, 5.41) is 3.06. The Bertz CT molecular complexity index is 1360. The molecular formula is C23H21FIN3O7. The topological polar surface area (TPSA) is 120 Å². The minimum atomic E-state index is -2.00. The zero-order valence-electron chi connectivity index (χ0n) is 19.2. The number of halogens is 2. The molecule has 0 bridgehead atoms. The molecule has 12 heteroatoms. The molecule has 35 heavy (non-hydrogen) atoms. The number of aromatic nitrogens is 1. The third-order valence-electron chi connectivity index (χ3n) is 5.83. The standard InChI is InChI=1S/C23H21FIN3O7/c1-11-18(25)19-13(8-26-11)7-15(35-19)23(21(30)33-3,27-22(31)34-4)10-28-9-12-5-6-14(32-2)17(24)16(12)20(28)29/h5-8H,9-10H2,1-4H3,(H,27,31). The Morgan fingerprint density at radius 2 is 2.03 bits per heavy atom. The molecule has 1 unspecified atom stereocenters. The molecule has 1 aliphatic heterocycles. The maximum atomic E-state index is 14.9. The second-order valence-corrected chi connectivity index (χ2v) is 8.92. The molecule has 1 atom stereocenters. The first-order chi connectivity index (χ1) is 16.7. The number of rotatable bonds is 6. The summed E-state index contributed by atoms with van der Waals surface area (Å²) in [5.74, 6) is -2.48. The minimum absolute atomic E-state index is 0.00289. The van der Waals surface area contributed by atoms with E-state index in [1.807, 2.05) is 0 Å². The van der Waals surface area contributed by atoms with Gasteiger partial charge in [-0.3, -0.25) is 15.1 Å². The maximum Gasteiger partial charge on any atom is 0.408 e. The van der Waals surface area contributed by atoms with Gasteiger partial charge in [0, 0.05) is 18.1 Å². The molecule has 2 amide bonds. The van der Waals surface area contributed by atoms with Crippen molar-refractivity contribution in [2.75, 3.05) is 27.9 Å². The van der Waals surface area contributed by atoms with E-state index < -0.39 is 35.9 Å². The van der Waals surface area contributed by atoms with Gasteiger partial charge in [0.25, 0.3) is 5.91 Å². The Labute approximate surface area is 212 Å². The van der Waals surface area contributed by atoms with Crippen molar-refractivity contribution >= 4 is 51.5 Å². The van der Waals surface area contributed by atoms with Gasteiger partial charge in [0.1, 0.15) is 5.76 Å². The third kappa shape index (κ3) is 4.05. The third-order valence-corrected chi connectivity index (χ3v) is 7.10. The number of alkyl carbamates (subject to hydrolysis) is 1. The summed E-state index contributed by atoms with van der Waals surface area (Å²) < 4.78 is 36.4. The second-order valence-electron chi connectivity index (χ2n) is 7.84. The monoisotopic (exact) mass is 597 g/mol. The van der Waals surface area contributed by atoms with Crippen LogP contribution in [0, 0.1) is 16.3 Å². The fourth-order valence-electron chi connectivity index (χ4n) is 4.03. The zero-order chi connectivity index (χ0) is 25.5. The molecule has 1 aromatic carbocycles. The van der Waals surface area contributed by atoms with Gasteiger partial charge in [-0.1, -0.05) is 6.07 Å². The molecule has 0 radical (unpaired) electrons. The van der Waals surface area contributed by atoms with Crippen LogP contribution < -0.4 is 10.1 Å². The van der Waals surface area contributed by atoms with Gasteiger partial charge in [0.15, 0.2) is 17.1 Å². The molecule has 3 heterocycles. The van der Waals surface area contributed by atoms with Gasteiger partial charge >= 0.3 is 12.1 Å². The van der Waals surface area contributed by atoms with Crippen LogP contribution in [0.2, 0.25) is 0 Å². The Kier molecular flexibility index (Phi) is 6.58. The summed E-state index contributed by atoms with van der Waals surface area (Å²) in [6.07, 6.45) is 0.607. The van der Waals surface area contributed by atoms with Crippen LogP contribution in [0.15, 0.2) is 28.8 Å². The average molecular weight is 597 g/mol. The summed E-state index contributed by atoms with van der Waals surface area (Å²) in [6, 6.07) is 4.52. The summed E-state index contributed by atoms with van der Waals surface area (Å²) in [6.45, 7) is 1.36. The van der Waals surface area contributed by atoms with Crippen molar-refractivity contribution in [1.82, 2.24) is 15.2 Å². The number of carbonyl (C=O) groups is 3. The van der Waals surface area contributed by atoms with Gasteiger partial charge in [-0.15, -0.1) is 0 Å². The number of fused-ring (bicyclic) bond motifs is 2. The lowest BCUT2D eigenvalue weighted by molar-refractivity contribution is -0.150. The van der Waals surface area contributed by atoms with E-state index in [0.717, 1.165) is 14.2 Å². The smallest absolute Gasteiger partial charge is 0.408 e. The quantitative estimate of drug-likeness (QED) is 0.340. The molecule has 0 saturated heterocycles. The number of pyridine rings is 1. The van der Waals surface area contributed by atoms with Gasteiger partial charge in [-0.25, -0.2) is 14.0 Å². The number of aryl methyl sites for hydroxylation is 1. The fraction of sp³-hybridized carbons (Fsp3) is 0.304. The van der Waals surface area contributed by atoms with E-state index in [2.05, 4.69) is 32.9 Å². The highest BCUT2D eigenvalue weighted by Gasteiger charge is 2.50. The number of esters is 1. The van der Waals surface area contributed by atoms with Gasteiger partial charge in [-0.2, -0.15) is 0 Å². The number of methoxy groups -OCH3 is 3. The lowest BCUT2D eigenvalue weighted by Crippen LogP contribution is -2.58. The molecule has 10 nitrogen and oxygen atoms in total. The molecule has 0 fully saturated rings. The number of hydrogen-bond donors (Lipinski definition) is 1. The summed E-state index contributed by atoms with van der Waals surface area (Å²) in [4.78, 5) is 44.4. The molecule has 2 aromatic heterocycles. The molecule has 1 aliphatic rings. The van der Waals surface area contributed by atoms with Crippen LogP contribution in [0.3, 0.4) is 0 Å². The highest BCUT2D eigenvalue weighted by Crippen LogP contribution is 2.36. The summed E-state index contributed by atoms with van der Waals surface area (Å²) in [7, 11) is 3.56. The highest BCUT2D eigenvalue weighted by atomic mass is 127. The lowest BCUT2D eigenvalue weighted by atomic mass is 9.95.